The van der Waals surface area contributed by atoms with E-state index < -0.39 is 165 Å². The number of benzene rings is 4. The number of hydrogen-bond acceptors (Lipinski definition) is 22. The number of hydrogen-bond donors (Lipinski definition) is 13. The highest BCUT2D eigenvalue weighted by Crippen LogP contribution is 2.52. The molecule has 4 amide bonds. The molecule has 0 spiro atoms. The summed E-state index contributed by atoms with van der Waals surface area (Å²) < 4.78 is 17.5. The van der Waals surface area contributed by atoms with E-state index in [0.29, 0.717) is 23.0 Å². The number of aliphatic hydroxyl groups excluding tert-OH is 1. The third-order valence-corrected chi connectivity index (χ3v) is 15.2. The molecule has 2 aliphatic carbocycles. The molecule has 87 heavy (non-hydrogen) atoms. The number of phenols is 2. The van der Waals surface area contributed by atoms with Gasteiger partial charge in [-0.05, 0) is 69.7 Å². The molecule has 1 aliphatic heterocycles. The number of carbonyl (C=O) groups excluding carboxylic acids is 7. The number of ketones is 3. The van der Waals surface area contributed by atoms with Crippen molar-refractivity contribution in [3.05, 3.63) is 138 Å². The molecule has 29 nitrogen and oxygen atoms in total. The van der Waals surface area contributed by atoms with Crippen molar-refractivity contribution in [1.29, 1.82) is 0 Å². The molecule has 4 aromatic carbocycles. The predicted octanol–water partition coefficient (Wildman–Crippen LogP) is 1.56. The van der Waals surface area contributed by atoms with Crippen LogP contribution in [-0.4, -0.2) is 160 Å². The van der Waals surface area contributed by atoms with Crippen molar-refractivity contribution in [3.63, 3.8) is 0 Å². The Morgan fingerprint density at radius 3 is 2.21 bits per heavy atom. The summed E-state index contributed by atoms with van der Waals surface area (Å²) in [6, 6.07) is 10.2. The highest BCUT2D eigenvalue weighted by atomic mass is 16.7. The number of anilines is 2. The summed E-state index contributed by atoms with van der Waals surface area (Å²) in [6.07, 6.45) is -5.92. The standard InChI is InChI=1S/C58H58N10O19/c1-23(64-51(76)26-9-11-27(12-10-26)62-21-28-22-63-50-44(65-28)54(79)68-57(59)67-50)8-13-38(70)60-14-15-61-52(77)30-16-31(33(56(82)83)17-32(30)55(80)81)53(78)66-35-18-39(86-24(2)45(35)71)87-37-20-58(84,25(3)69)19-34-41(37)49(75)43-42(47(34)73)46(72)29-6-5-7-36(85-4)40(29)48(43)74/h5-7,9-12,16-17,22-24,35,37,39,45,62,71,73,75,84H,8,13-15,18-21H2,1-4H3,(H,60,70)(H,61,77)(H,64,76)(H,66,78)(H,80,81)(H,82,83)(H3,59,63,67,68,79)/t23-,24?,35?,37+,39+,45+,58+/m1/s1. The minimum atomic E-state index is -2.28. The summed E-state index contributed by atoms with van der Waals surface area (Å²) in [5.41, 5.74) is -0.822. The van der Waals surface area contributed by atoms with Crippen molar-refractivity contribution >= 4 is 75.7 Å². The number of aromatic hydroxyl groups is 2. The maximum absolute atomic E-state index is 14.1. The molecule has 0 bridgehead atoms. The van der Waals surface area contributed by atoms with Gasteiger partial charge in [0, 0.05) is 72.8 Å². The number of nitrogens with one attached hydrogen (secondary N) is 6. The molecule has 9 rings (SSSR count). The fourth-order valence-corrected chi connectivity index (χ4v) is 10.6. The largest absolute Gasteiger partial charge is 0.507 e. The van der Waals surface area contributed by atoms with Crippen LogP contribution in [0.1, 0.15) is 153 Å². The maximum Gasteiger partial charge on any atom is 0.336 e. The fourth-order valence-electron chi connectivity index (χ4n) is 10.6. The Morgan fingerprint density at radius 2 is 1.53 bits per heavy atom. The van der Waals surface area contributed by atoms with Gasteiger partial charge in [0.15, 0.2) is 29.0 Å². The number of nitrogens with two attached hydrogens (primary N) is 1. The van der Waals surface area contributed by atoms with Gasteiger partial charge < -0.3 is 77.2 Å². The highest BCUT2D eigenvalue weighted by molar-refractivity contribution is 6.31. The van der Waals surface area contributed by atoms with Crippen LogP contribution in [0, 0.1) is 0 Å². The highest BCUT2D eigenvalue weighted by Gasteiger charge is 2.50. The van der Waals surface area contributed by atoms with Crippen LogP contribution in [0.2, 0.25) is 0 Å². The molecule has 1 saturated heterocycles. The number of aromatic amines is 1. The van der Waals surface area contributed by atoms with Crippen molar-refractivity contribution in [2.24, 2.45) is 0 Å². The van der Waals surface area contributed by atoms with E-state index in [9.17, 15) is 78.6 Å². The minimum Gasteiger partial charge on any atom is -0.507 e. The first-order valence-corrected chi connectivity index (χ1v) is 27.0. The van der Waals surface area contributed by atoms with Gasteiger partial charge in [-0.2, -0.15) is 4.98 Å². The summed E-state index contributed by atoms with van der Waals surface area (Å²) in [5, 5.41) is 80.4. The first-order valence-electron chi connectivity index (χ1n) is 27.0. The number of aliphatic hydroxyl groups is 2. The van der Waals surface area contributed by atoms with Crippen LogP contribution in [0.15, 0.2) is 65.6 Å². The Hall–Kier alpha value is -10.2. The van der Waals surface area contributed by atoms with Crippen LogP contribution < -0.4 is 42.6 Å². The number of phenolic OH excluding ortho intramolecular Hbond substituents is 2. The second kappa shape index (κ2) is 24.8. The first-order chi connectivity index (χ1) is 41.3. The van der Waals surface area contributed by atoms with Crippen molar-refractivity contribution in [2.45, 2.75) is 102 Å². The van der Waals surface area contributed by atoms with Gasteiger partial charge >= 0.3 is 11.9 Å². The zero-order valence-electron chi connectivity index (χ0n) is 46.8. The van der Waals surface area contributed by atoms with Crippen LogP contribution in [0.3, 0.4) is 0 Å². The van der Waals surface area contributed by atoms with Gasteiger partial charge in [0.2, 0.25) is 17.6 Å². The number of ether oxygens (including phenoxy) is 3. The van der Waals surface area contributed by atoms with Crippen molar-refractivity contribution in [2.75, 3.05) is 31.2 Å². The van der Waals surface area contributed by atoms with E-state index in [0.717, 1.165) is 13.0 Å². The maximum atomic E-state index is 14.1. The lowest BCUT2D eigenvalue weighted by atomic mass is 9.72. The Balaban J connectivity index is 0.810. The van der Waals surface area contributed by atoms with E-state index in [-0.39, 0.29) is 77.6 Å². The number of rotatable bonds is 20. The average molecular weight is 1200 g/mol. The van der Waals surface area contributed by atoms with E-state index in [1.165, 1.54) is 38.4 Å². The van der Waals surface area contributed by atoms with Crippen LogP contribution in [0.4, 0.5) is 11.6 Å². The molecule has 29 heteroatoms. The normalized spacial score (nSPS) is 19.8. The lowest BCUT2D eigenvalue weighted by molar-refractivity contribution is -0.248. The number of amides is 4. The fraction of sp³-hybridized carbons (Fsp3) is 0.328. The molecule has 0 saturated carbocycles. The molecule has 2 unspecified atom stereocenters. The molecule has 2 aromatic heterocycles. The number of nitrogen functional groups attached to an aromatic ring is 1. The molecular weight excluding hydrogens is 1140 g/mol. The van der Waals surface area contributed by atoms with E-state index in [2.05, 4.69) is 46.5 Å². The second-order valence-corrected chi connectivity index (χ2v) is 21.0. The van der Waals surface area contributed by atoms with Gasteiger partial charge in [-0.3, -0.25) is 43.3 Å². The van der Waals surface area contributed by atoms with Crippen LogP contribution in [-0.2, 0) is 32.0 Å². The van der Waals surface area contributed by atoms with Crippen molar-refractivity contribution in [3.8, 4) is 17.2 Å². The van der Waals surface area contributed by atoms with Gasteiger partial charge in [0.25, 0.3) is 23.3 Å². The Kier molecular flexibility index (Phi) is 17.5. The number of carboxylic acids is 2. The number of aromatic nitrogens is 4. The van der Waals surface area contributed by atoms with Crippen molar-refractivity contribution in [1.82, 2.24) is 41.2 Å². The second-order valence-electron chi connectivity index (χ2n) is 21.0. The number of carboxylic acid groups (broad SMARTS) is 2. The Morgan fingerprint density at radius 1 is 0.862 bits per heavy atom. The van der Waals surface area contributed by atoms with E-state index >= 15 is 0 Å². The average Bonchev–Trinajstić information content (AvgIpc) is 1.04. The lowest BCUT2D eigenvalue weighted by Crippen LogP contribution is -2.56. The quantitative estimate of drug-likeness (QED) is 0.0380. The van der Waals surface area contributed by atoms with Crippen LogP contribution in [0.25, 0.3) is 11.2 Å². The smallest absolute Gasteiger partial charge is 0.336 e. The summed E-state index contributed by atoms with van der Waals surface area (Å²) in [4.78, 5) is 146. The molecule has 1 fully saturated rings. The monoisotopic (exact) mass is 1200 g/mol. The number of aromatic carboxylic acids is 2. The van der Waals surface area contributed by atoms with Gasteiger partial charge in [-0.25, -0.2) is 19.6 Å². The molecule has 7 atom stereocenters. The summed E-state index contributed by atoms with van der Waals surface area (Å²) in [7, 11) is 1.26. The zero-order chi connectivity index (χ0) is 62.9. The first kappa shape index (κ1) is 61.3. The number of methoxy groups -OCH3 is 1. The predicted molar refractivity (Wildman–Crippen MR) is 302 cm³/mol. The third kappa shape index (κ3) is 12.5. The third-order valence-electron chi connectivity index (χ3n) is 15.2. The van der Waals surface area contributed by atoms with Crippen LogP contribution in [0.5, 0.6) is 17.2 Å². The number of nitrogens with zero attached hydrogens (tertiary/aromatic N) is 3. The Labute approximate surface area is 491 Å². The molecule has 0 radical (unpaired) electrons. The Bertz CT molecular complexity index is 3930. The summed E-state index contributed by atoms with van der Waals surface area (Å²) in [5.74, 6) is -10.9. The van der Waals surface area contributed by atoms with Gasteiger partial charge in [-0.15, -0.1) is 0 Å². The number of carbonyl (C=O) groups is 9. The van der Waals surface area contributed by atoms with Gasteiger partial charge in [0.1, 0.15) is 29.0 Å². The van der Waals surface area contributed by atoms with Gasteiger partial charge in [-0.1, -0.05) is 12.1 Å². The zero-order valence-corrected chi connectivity index (χ0v) is 46.8. The summed E-state index contributed by atoms with van der Waals surface area (Å²) in [6.45, 7) is 3.90. The van der Waals surface area contributed by atoms with E-state index in [1.807, 2.05) is 0 Å². The van der Waals surface area contributed by atoms with Gasteiger partial charge in [0.05, 0.1) is 82.7 Å². The molecule has 3 heterocycles. The SMILES string of the molecule is COc1cccc2c1C(=O)c1c(O)c3c(c(O)c1C2=O)C[C@@](O)(C(C)=O)C[C@@H]3O[C@H]1CC(NC(=O)c2cc(C(=O)NCCNC(=O)CC[C@@H](C)NC(=O)c3ccc(NCc4cnc5nc(N)[nH]c(=O)c5n4)cc3)c(C(=O)O)cc2C(=O)O)[C@@H](O)C(C)O1. The molecule has 6 aromatic rings. The molecule has 14 N–H and O–H groups in total. The number of H-pyrrole nitrogens is 1. The lowest BCUT2D eigenvalue weighted by Gasteiger charge is -2.42. The molecule has 3 aliphatic rings. The van der Waals surface area contributed by atoms with E-state index in [1.54, 1.807) is 31.2 Å². The molecule has 454 valence electrons. The van der Waals surface area contributed by atoms with E-state index in [4.69, 9.17) is 19.9 Å². The number of fused-ring (bicyclic) bond motifs is 4. The minimum absolute atomic E-state index is 0.00448. The van der Waals surface area contributed by atoms with Crippen LogP contribution >= 0.6 is 0 Å². The topological polar surface area (TPSA) is 460 Å². The molecular formula is C58H58N10O19. The number of Topliss-reactive ketones (excluding diaryl/α,β-unsaturated/α-hetero) is 1. The summed E-state index contributed by atoms with van der Waals surface area (Å²) >= 11 is 0. The van der Waals surface area contributed by atoms with Crippen molar-refractivity contribution < 1.29 is 88.0 Å².